The quantitative estimate of drug-likeness (QED) is 0.214. The maximum atomic E-state index is 2.35. The number of rotatable bonds is 8. The molecule has 5 aromatic rings. The van der Waals surface area contributed by atoms with Gasteiger partial charge in [0.1, 0.15) is 0 Å². The zero-order valence-electron chi connectivity index (χ0n) is 21.6. The average Bonchev–Trinajstić information content (AvgIpc) is 2.93. The molecule has 37 heavy (non-hydrogen) atoms. The highest BCUT2D eigenvalue weighted by atomic mass is 15.1. The van der Waals surface area contributed by atoms with Gasteiger partial charge >= 0.3 is 0 Å². The van der Waals surface area contributed by atoms with Crippen LogP contribution in [0.25, 0.3) is 6.08 Å². The van der Waals surface area contributed by atoms with Crippen molar-refractivity contribution in [2.75, 3.05) is 4.90 Å². The first-order valence-corrected chi connectivity index (χ1v) is 12.9. The Hall–Kier alpha value is -4.36. The molecule has 0 aliphatic heterocycles. The van der Waals surface area contributed by atoms with Crippen LogP contribution in [0.4, 0.5) is 17.1 Å². The summed E-state index contributed by atoms with van der Waals surface area (Å²) in [5.41, 5.74) is 11.3. The van der Waals surface area contributed by atoms with Crippen molar-refractivity contribution >= 4 is 23.1 Å². The van der Waals surface area contributed by atoms with Crippen LogP contribution in [0.3, 0.4) is 0 Å². The van der Waals surface area contributed by atoms with Gasteiger partial charge in [0.15, 0.2) is 0 Å². The standard InChI is InChI=1S/C36H33N/c1-28-13-19-34(20-14-28)37(35-21-15-29(2)16-22-35)36-23-17-32(18-24-36)27-33(25-30-9-5-3-6-10-30)26-31-11-7-4-8-12-31/h3-24,27H,25-26H2,1-2H3. The van der Waals surface area contributed by atoms with Crippen molar-refractivity contribution in [2.24, 2.45) is 0 Å². The molecule has 1 heteroatoms. The summed E-state index contributed by atoms with van der Waals surface area (Å²) < 4.78 is 0. The number of aryl methyl sites for hydroxylation is 2. The van der Waals surface area contributed by atoms with Gasteiger partial charge in [0.05, 0.1) is 0 Å². The summed E-state index contributed by atoms with van der Waals surface area (Å²) >= 11 is 0. The van der Waals surface area contributed by atoms with Crippen LogP contribution >= 0.6 is 0 Å². The molecule has 1 nitrogen and oxygen atoms in total. The lowest BCUT2D eigenvalue weighted by atomic mass is 9.96. The molecule has 0 fully saturated rings. The molecule has 0 aromatic heterocycles. The number of anilines is 3. The Morgan fingerprint density at radius 1 is 0.486 bits per heavy atom. The Morgan fingerprint density at radius 3 is 1.27 bits per heavy atom. The molecule has 0 unspecified atom stereocenters. The SMILES string of the molecule is Cc1ccc(N(c2ccc(C)cc2)c2ccc(C=C(Cc3ccccc3)Cc3ccccc3)cc2)cc1. The Labute approximate surface area is 221 Å². The maximum Gasteiger partial charge on any atom is 0.0462 e. The first-order chi connectivity index (χ1) is 18.1. The molecule has 0 heterocycles. The summed E-state index contributed by atoms with van der Waals surface area (Å²) in [6.45, 7) is 4.26. The Kier molecular flexibility index (Phi) is 7.62. The third kappa shape index (κ3) is 6.45. The summed E-state index contributed by atoms with van der Waals surface area (Å²) in [6.07, 6.45) is 4.23. The first-order valence-electron chi connectivity index (χ1n) is 12.9. The van der Waals surface area contributed by atoms with Crippen LogP contribution < -0.4 is 4.90 Å². The first kappa shape index (κ1) is 24.3. The van der Waals surface area contributed by atoms with Crippen molar-refractivity contribution in [1.82, 2.24) is 0 Å². The Balaban J connectivity index is 1.47. The lowest BCUT2D eigenvalue weighted by Gasteiger charge is -2.26. The normalized spacial score (nSPS) is 10.6. The molecule has 0 atom stereocenters. The van der Waals surface area contributed by atoms with E-state index in [1.54, 1.807) is 0 Å². The third-order valence-electron chi connectivity index (χ3n) is 6.65. The van der Waals surface area contributed by atoms with Crippen molar-refractivity contribution in [2.45, 2.75) is 26.7 Å². The van der Waals surface area contributed by atoms with Gasteiger partial charge in [-0.1, -0.05) is 120 Å². The highest BCUT2D eigenvalue weighted by Crippen LogP contribution is 2.35. The summed E-state index contributed by atoms with van der Waals surface area (Å²) in [6, 6.07) is 47.9. The summed E-state index contributed by atoms with van der Waals surface area (Å²) in [5.74, 6) is 0. The lowest BCUT2D eigenvalue weighted by molar-refractivity contribution is 1.05. The van der Waals surface area contributed by atoms with Crippen molar-refractivity contribution < 1.29 is 0 Å². The van der Waals surface area contributed by atoms with Crippen LogP contribution in [0.5, 0.6) is 0 Å². The highest BCUT2D eigenvalue weighted by Gasteiger charge is 2.12. The molecule has 0 saturated heterocycles. The predicted molar refractivity (Wildman–Crippen MR) is 159 cm³/mol. The highest BCUT2D eigenvalue weighted by molar-refractivity contribution is 5.77. The largest absolute Gasteiger partial charge is 0.311 e. The molecular weight excluding hydrogens is 446 g/mol. The second kappa shape index (κ2) is 11.6. The van der Waals surface area contributed by atoms with Crippen molar-refractivity contribution in [3.8, 4) is 0 Å². The van der Waals surface area contributed by atoms with Crippen LogP contribution in [0, 0.1) is 13.8 Å². The van der Waals surface area contributed by atoms with Crippen LogP contribution in [-0.2, 0) is 12.8 Å². The fraction of sp³-hybridized carbons (Fsp3) is 0.111. The van der Waals surface area contributed by atoms with E-state index in [-0.39, 0.29) is 0 Å². The molecule has 0 aliphatic rings. The summed E-state index contributed by atoms with van der Waals surface area (Å²) in [5, 5.41) is 0. The second-order valence-electron chi connectivity index (χ2n) is 9.73. The molecule has 0 saturated carbocycles. The van der Waals surface area contributed by atoms with E-state index in [0.29, 0.717) is 0 Å². The number of allylic oxidation sites excluding steroid dienone is 1. The van der Waals surface area contributed by atoms with E-state index in [1.807, 2.05) is 0 Å². The van der Waals surface area contributed by atoms with Gasteiger partial charge in [0.2, 0.25) is 0 Å². The molecule has 0 radical (unpaired) electrons. The van der Waals surface area contributed by atoms with Gasteiger partial charge in [-0.25, -0.2) is 0 Å². The molecule has 0 N–H and O–H groups in total. The third-order valence-corrected chi connectivity index (χ3v) is 6.65. The fourth-order valence-electron chi connectivity index (χ4n) is 4.67. The number of nitrogens with zero attached hydrogens (tertiary/aromatic N) is 1. The van der Waals surface area contributed by atoms with Gasteiger partial charge < -0.3 is 4.90 Å². The molecule has 0 bridgehead atoms. The number of hydrogen-bond donors (Lipinski definition) is 0. The summed E-state index contributed by atoms with van der Waals surface area (Å²) in [4.78, 5) is 2.32. The smallest absolute Gasteiger partial charge is 0.0462 e. The Bertz CT molecular complexity index is 1340. The van der Waals surface area contributed by atoms with Crippen LogP contribution in [0.15, 0.2) is 139 Å². The van der Waals surface area contributed by atoms with Gasteiger partial charge in [0.25, 0.3) is 0 Å². The fourth-order valence-corrected chi connectivity index (χ4v) is 4.67. The van der Waals surface area contributed by atoms with E-state index in [0.717, 1.165) is 29.9 Å². The van der Waals surface area contributed by atoms with Crippen molar-refractivity contribution in [3.63, 3.8) is 0 Å². The van der Waals surface area contributed by atoms with Crippen LogP contribution in [0.2, 0.25) is 0 Å². The van der Waals surface area contributed by atoms with Crippen LogP contribution in [0.1, 0.15) is 27.8 Å². The van der Waals surface area contributed by atoms with Crippen molar-refractivity contribution in [1.29, 1.82) is 0 Å². The molecule has 0 spiro atoms. The van der Waals surface area contributed by atoms with Crippen molar-refractivity contribution in [3.05, 3.63) is 167 Å². The van der Waals surface area contributed by atoms with E-state index < -0.39 is 0 Å². The van der Waals surface area contributed by atoms with Gasteiger partial charge in [-0.2, -0.15) is 0 Å². The maximum absolute atomic E-state index is 2.35. The second-order valence-corrected chi connectivity index (χ2v) is 9.73. The van der Waals surface area contributed by atoms with E-state index in [9.17, 15) is 0 Å². The molecule has 182 valence electrons. The molecule has 0 aliphatic carbocycles. The van der Waals surface area contributed by atoms with Gasteiger partial charge in [0, 0.05) is 17.1 Å². The van der Waals surface area contributed by atoms with E-state index in [4.69, 9.17) is 0 Å². The van der Waals surface area contributed by atoms with Gasteiger partial charge in [-0.05, 0) is 79.8 Å². The van der Waals surface area contributed by atoms with Gasteiger partial charge in [-0.3, -0.25) is 0 Å². The predicted octanol–water partition coefficient (Wildman–Crippen LogP) is 9.64. The Morgan fingerprint density at radius 2 is 0.865 bits per heavy atom. The number of benzene rings is 5. The van der Waals surface area contributed by atoms with E-state index in [2.05, 4.69) is 158 Å². The number of hydrogen-bond acceptors (Lipinski definition) is 1. The zero-order valence-corrected chi connectivity index (χ0v) is 21.6. The molecule has 0 amide bonds. The molecule has 5 rings (SSSR count). The minimum absolute atomic E-state index is 0.941. The lowest BCUT2D eigenvalue weighted by Crippen LogP contribution is -2.09. The molecule has 5 aromatic carbocycles. The minimum Gasteiger partial charge on any atom is -0.311 e. The van der Waals surface area contributed by atoms with Crippen LogP contribution in [-0.4, -0.2) is 0 Å². The summed E-state index contributed by atoms with van der Waals surface area (Å²) in [7, 11) is 0. The monoisotopic (exact) mass is 479 g/mol. The molecular formula is C36H33N. The van der Waals surface area contributed by atoms with E-state index >= 15 is 0 Å². The zero-order chi connectivity index (χ0) is 25.5. The average molecular weight is 480 g/mol. The topological polar surface area (TPSA) is 3.24 Å². The van der Waals surface area contributed by atoms with E-state index in [1.165, 1.54) is 33.4 Å². The van der Waals surface area contributed by atoms with Gasteiger partial charge in [-0.15, -0.1) is 0 Å². The minimum atomic E-state index is 0.941.